The zero-order chi connectivity index (χ0) is 27.1. The number of carboxylic acid groups (broad SMARTS) is 1. The van der Waals surface area contributed by atoms with Crippen LogP contribution in [0.2, 0.25) is 0 Å². The van der Waals surface area contributed by atoms with Crippen LogP contribution in [0.15, 0.2) is 60.7 Å². The second-order valence-electron chi connectivity index (χ2n) is 11.3. The third-order valence-corrected chi connectivity index (χ3v) is 7.27. The SMILES string of the molecule is CC(C)(C)OC(C(=O)O)c1c(-c2ccc3c(c2)CCCO3)nc(-c2ccc3c(c2)CCCO3)c2ccccc12. The van der Waals surface area contributed by atoms with Crippen LogP contribution in [0.4, 0.5) is 0 Å². The summed E-state index contributed by atoms with van der Waals surface area (Å²) in [5, 5.41) is 12.1. The molecule has 0 radical (unpaired) electrons. The first-order valence-corrected chi connectivity index (χ1v) is 13.6. The molecule has 0 bridgehead atoms. The van der Waals surface area contributed by atoms with Crippen LogP contribution in [0.1, 0.15) is 56.4 Å². The minimum Gasteiger partial charge on any atom is -0.493 e. The number of fused-ring (bicyclic) bond motifs is 3. The normalized spacial score (nSPS) is 15.6. The van der Waals surface area contributed by atoms with Gasteiger partial charge in [0, 0.05) is 22.1 Å². The first-order chi connectivity index (χ1) is 18.8. The molecule has 6 heteroatoms. The van der Waals surface area contributed by atoms with E-state index in [-0.39, 0.29) is 0 Å². The van der Waals surface area contributed by atoms with Crippen LogP contribution in [0.25, 0.3) is 33.3 Å². The number of benzene rings is 3. The molecule has 3 heterocycles. The Morgan fingerprint density at radius 2 is 1.41 bits per heavy atom. The first-order valence-electron chi connectivity index (χ1n) is 13.6. The van der Waals surface area contributed by atoms with Crippen LogP contribution >= 0.6 is 0 Å². The lowest BCUT2D eigenvalue weighted by Crippen LogP contribution is -2.28. The molecule has 6 nitrogen and oxygen atoms in total. The Kier molecular flexibility index (Phi) is 6.51. The van der Waals surface area contributed by atoms with Crippen molar-refractivity contribution in [3.05, 3.63) is 77.4 Å². The number of carboxylic acids is 1. The predicted molar refractivity (Wildman–Crippen MR) is 151 cm³/mol. The molecule has 0 spiro atoms. The van der Waals surface area contributed by atoms with Crippen molar-refractivity contribution in [2.75, 3.05) is 13.2 Å². The fourth-order valence-electron chi connectivity index (χ4n) is 5.59. The van der Waals surface area contributed by atoms with Crippen molar-refractivity contribution in [2.24, 2.45) is 0 Å². The van der Waals surface area contributed by atoms with Crippen molar-refractivity contribution in [1.82, 2.24) is 4.98 Å². The van der Waals surface area contributed by atoms with Gasteiger partial charge in [-0.1, -0.05) is 24.3 Å². The zero-order valence-corrected chi connectivity index (χ0v) is 22.6. The lowest BCUT2D eigenvalue weighted by Gasteiger charge is -2.28. The van der Waals surface area contributed by atoms with Gasteiger partial charge in [0.1, 0.15) is 11.5 Å². The molecule has 2 aliphatic rings. The summed E-state index contributed by atoms with van der Waals surface area (Å²) < 4.78 is 17.9. The summed E-state index contributed by atoms with van der Waals surface area (Å²) in [5.41, 5.74) is 5.42. The van der Waals surface area contributed by atoms with Crippen molar-refractivity contribution < 1.29 is 24.1 Å². The highest BCUT2D eigenvalue weighted by molar-refractivity contribution is 6.02. The van der Waals surface area contributed by atoms with E-state index in [0.717, 1.165) is 76.9 Å². The second kappa shape index (κ2) is 10.0. The van der Waals surface area contributed by atoms with Gasteiger partial charge in [0.15, 0.2) is 6.10 Å². The molecule has 0 fully saturated rings. The number of ether oxygens (including phenoxy) is 3. The largest absolute Gasteiger partial charge is 0.493 e. The minimum atomic E-state index is -1.20. The lowest BCUT2D eigenvalue weighted by molar-refractivity contribution is -0.160. The van der Waals surface area contributed by atoms with Crippen molar-refractivity contribution in [2.45, 2.75) is 58.2 Å². The summed E-state index contributed by atoms with van der Waals surface area (Å²) in [6.07, 6.45) is 2.59. The molecule has 4 aromatic rings. The molecule has 3 aromatic carbocycles. The highest BCUT2D eigenvalue weighted by Gasteiger charge is 2.33. The van der Waals surface area contributed by atoms with E-state index in [1.807, 2.05) is 69.3 Å². The maximum atomic E-state index is 12.8. The van der Waals surface area contributed by atoms with Crippen LogP contribution < -0.4 is 9.47 Å². The topological polar surface area (TPSA) is 77.9 Å². The molecule has 1 atom stereocenters. The van der Waals surface area contributed by atoms with Crippen LogP contribution in [-0.4, -0.2) is 34.9 Å². The van der Waals surface area contributed by atoms with Gasteiger partial charge < -0.3 is 19.3 Å². The van der Waals surface area contributed by atoms with E-state index in [0.29, 0.717) is 17.9 Å². The van der Waals surface area contributed by atoms with Gasteiger partial charge in [0.25, 0.3) is 0 Å². The lowest BCUT2D eigenvalue weighted by atomic mass is 9.90. The Hall–Kier alpha value is -3.90. The third-order valence-electron chi connectivity index (χ3n) is 7.27. The number of rotatable bonds is 5. The van der Waals surface area contributed by atoms with Crippen LogP contribution in [-0.2, 0) is 22.4 Å². The summed E-state index contributed by atoms with van der Waals surface area (Å²) in [6.45, 7) is 7.06. The van der Waals surface area contributed by atoms with E-state index in [1.165, 1.54) is 5.56 Å². The summed E-state index contributed by atoms with van der Waals surface area (Å²) in [5.74, 6) is 0.756. The minimum absolute atomic E-state index is 0.565. The number of aliphatic carboxylic acids is 1. The summed E-state index contributed by atoms with van der Waals surface area (Å²) in [4.78, 5) is 18.0. The molecular weight excluding hydrogens is 490 g/mol. The molecule has 200 valence electrons. The van der Waals surface area contributed by atoms with Gasteiger partial charge >= 0.3 is 5.97 Å². The monoisotopic (exact) mass is 523 g/mol. The molecule has 0 amide bonds. The second-order valence-corrected chi connectivity index (χ2v) is 11.3. The summed E-state index contributed by atoms with van der Waals surface area (Å²) in [7, 11) is 0. The molecule has 1 aromatic heterocycles. The van der Waals surface area contributed by atoms with E-state index in [2.05, 4.69) is 12.1 Å². The van der Waals surface area contributed by atoms with Gasteiger partial charge in [0.05, 0.1) is 30.2 Å². The molecule has 0 aliphatic carbocycles. The molecule has 0 saturated carbocycles. The van der Waals surface area contributed by atoms with Crippen molar-refractivity contribution in [3.63, 3.8) is 0 Å². The van der Waals surface area contributed by atoms with Gasteiger partial charge in [-0.3, -0.25) is 0 Å². The van der Waals surface area contributed by atoms with Gasteiger partial charge in [-0.15, -0.1) is 0 Å². The fraction of sp³-hybridized carbons (Fsp3) is 0.333. The van der Waals surface area contributed by atoms with E-state index in [4.69, 9.17) is 19.2 Å². The Balaban J connectivity index is 1.64. The van der Waals surface area contributed by atoms with Crippen LogP contribution in [0.5, 0.6) is 11.5 Å². The molecule has 6 rings (SSSR count). The van der Waals surface area contributed by atoms with E-state index < -0.39 is 17.7 Å². The van der Waals surface area contributed by atoms with E-state index in [1.54, 1.807) is 0 Å². The van der Waals surface area contributed by atoms with Crippen molar-refractivity contribution in [1.29, 1.82) is 0 Å². The van der Waals surface area contributed by atoms with Crippen LogP contribution in [0, 0.1) is 0 Å². The number of hydrogen-bond acceptors (Lipinski definition) is 5. The summed E-state index contributed by atoms with van der Waals surface area (Å²) in [6, 6.07) is 20.2. The molecule has 1 N–H and O–H groups in total. The quantitative estimate of drug-likeness (QED) is 0.299. The molecule has 2 aliphatic heterocycles. The number of aryl methyl sites for hydroxylation is 2. The van der Waals surface area contributed by atoms with E-state index >= 15 is 0 Å². The average Bonchev–Trinajstić information content (AvgIpc) is 2.94. The number of nitrogens with zero attached hydrogens (tertiary/aromatic N) is 1. The fourth-order valence-corrected chi connectivity index (χ4v) is 5.59. The molecule has 0 saturated heterocycles. The Labute approximate surface area is 228 Å². The third kappa shape index (κ3) is 4.97. The maximum absolute atomic E-state index is 12.8. The molecular formula is C33H33NO5. The Bertz CT molecular complexity index is 1570. The van der Waals surface area contributed by atoms with Crippen molar-refractivity contribution in [3.8, 4) is 34.0 Å². The zero-order valence-electron chi connectivity index (χ0n) is 22.6. The average molecular weight is 524 g/mol. The number of hydrogen-bond donors (Lipinski definition) is 1. The number of aromatic nitrogens is 1. The van der Waals surface area contributed by atoms with E-state index in [9.17, 15) is 9.90 Å². The van der Waals surface area contributed by atoms with Crippen molar-refractivity contribution >= 4 is 16.7 Å². The summed E-state index contributed by atoms with van der Waals surface area (Å²) >= 11 is 0. The standard InChI is InChI=1S/C33H33NO5/c1-33(2,3)39-31(32(35)36)28-24-10-4-5-11-25(24)29(22-12-14-26-20(18-22)8-6-16-37-26)34-30(28)23-13-15-27-21(19-23)9-7-17-38-27/h4-5,10-15,18-19,31H,6-9,16-17H2,1-3H3,(H,35,36). The molecule has 1 unspecified atom stereocenters. The number of carbonyl (C=O) groups is 1. The van der Waals surface area contributed by atoms with Crippen LogP contribution in [0.3, 0.4) is 0 Å². The smallest absolute Gasteiger partial charge is 0.337 e. The van der Waals surface area contributed by atoms with Gasteiger partial charge in [-0.05, 0) is 99.4 Å². The van der Waals surface area contributed by atoms with Gasteiger partial charge in [0.2, 0.25) is 0 Å². The highest BCUT2D eigenvalue weighted by Crippen LogP contribution is 2.42. The first kappa shape index (κ1) is 25.4. The predicted octanol–water partition coefficient (Wildman–Crippen LogP) is 7.16. The Morgan fingerprint density at radius 3 is 1.97 bits per heavy atom. The maximum Gasteiger partial charge on any atom is 0.337 e. The highest BCUT2D eigenvalue weighted by atomic mass is 16.5. The number of pyridine rings is 1. The van der Waals surface area contributed by atoms with Gasteiger partial charge in [-0.25, -0.2) is 9.78 Å². The Morgan fingerprint density at radius 1 is 0.846 bits per heavy atom. The molecule has 39 heavy (non-hydrogen) atoms. The van der Waals surface area contributed by atoms with Gasteiger partial charge in [-0.2, -0.15) is 0 Å².